The largest absolute Gasteiger partial charge is 0.261 e. The lowest BCUT2D eigenvalue weighted by atomic mass is 9.90. The maximum Gasteiger partial charge on any atom is 0.160 e. The molecule has 0 aliphatic rings. The first-order valence-electron chi connectivity index (χ1n) is 19.3. The zero-order valence-electron chi connectivity index (χ0n) is 31.5. The summed E-state index contributed by atoms with van der Waals surface area (Å²) in [5.74, 6) is 0.684. The van der Waals surface area contributed by atoms with E-state index < -0.39 is 0 Å². The summed E-state index contributed by atoms with van der Waals surface area (Å²) in [6, 6.07) is 71.2. The number of pyridine rings is 1. The number of hydrogen-bond donors (Lipinski definition) is 0. The minimum absolute atomic E-state index is 0.684. The Hall–Kier alpha value is -7.49. The summed E-state index contributed by atoms with van der Waals surface area (Å²) in [5.41, 5.74) is 15.0. The van der Waals surface area contributed by atoms with Gasteiger partial charge in [0.05, 0.1) is 11.4 Å². The molecule has 0 amide bonds. The smallest absolute Gasteiger partial charge is 0.160 e. The average molecular weight is 728 g/mol. The van der Waals surface area contributed by atoms with E-state index in [2.05, 4.69) is 193 Å². The Kier molecular flexibility index (Phi) is 8.74. The van der Waals surface area contributed by atoms with Crippen LogP contribution in [-0.2, 0) is 0 Å². The fourth-order valence-corrected chi connectivity index (χ4v) is 7.81. The Morgan fingerprint density at radius 1 is 0.316 bits per heavy atom. The van der Waals surface area contributed by atoms with Crippen LogP contribution in [0.5, 0.6) is 0 Å². The van der Waals surface area contributed by atoms with E-state index in [1.54, 1.807) is 0 Å². The van der Waals surface area contributed by atoms with E-state index in [9.17, 15) is 0 Å². The summed E-state index contributed by atoms with van der Waals surface area (Å²) in [5, 5.41) is 4.91. The number of hydrogen-bond acceptors (Lipinski definition) is 3. The molecule has 10 rings (SSSR count). The van der Waals surface area contributed by atoms with Crippen molar-refractivity contribution in [3.8, 4) is 78.4 Å². The molecule has 3 nitrogen and oxygen atoms in total. The zero-order valence-corrected chi connectivity index (χ0v) is 31.5. The topological polar surface area (TPSA) is 38.7 Å². The molecule has 0 bridgehead atoms. The summed E-state index contributed by atoms with van der Waals surface area (Å²) < 4.78 is 0. The van der Waals surface area contributed by atoms with Crippen LogP contribution in [0.15, 0.2) is 206 Å². The zero-order chi connectivity index (χ0) is 38.1. The molecule has 8 aromatic carbocycles. The van der Waals surface area contributed by atoms with E-state index in [0.717, 1.165) is 67.2 Å². The van der Waals surface area contributed by atoms with Gasteiger partial charge in [-0.25, -0.2) is 9.97 Å². The molecule has 10 aromatic rings. The third-order valence-electron chi connectivity index (χ3n) is 10.8. The number of aryl methyl sites for hydroxylation is 1. The van der Waals surface area contributed by atoms with E-state index >= 15 is 0 Å². The molecule has 0 unspecified atom stereocenters. The molecule has 0 saturated carbocycles. The van der Waals surface area contributed by atoms with Gasteiger partial charge in [0.15, 0.2) is 5.82 Å². The van der Waals surface area contributed by atoms with E-state index in [1.165, 1.54) is 32.7 Å². The van der Waals surface area contributed by atoms with Crippen LogP contribution in [0.25, 0.3) is 100.0 Å². The molecule has 268 valence electrons. The quantitative estimate of drug-likeness (QED) is 0.153. The van der Waals surface area contributed by atoms with Gasteiger partial charge in [-0.1, -0.05) is 164 Å². The normalized spacial score (nSPS) is 11.2. The summed E-state index contributed by atoms with van der Waals surface area (Å²) in [6.45, 7) is 2.01. The number of aromatic nitrogens is 3. The van der Waals surface area contributed by atoms with Crippen molar-refractivity contribution in [3.05, 3.63) is 212 Å². The minimum Gasteiger partial charge on any atom is -0.261 e. The van der Waals surface area contributed by atoms with Crippen molar-refractivity contribution in [1.82, 2.24) is 15.0 Å². The standard InChI is InChI=1S/C54H37N3/c1-36-20-21-44(35-55-36)39-26-22-37(23-27-39)38-24-28-40(29-25-38)45-30-46(51-33-43-16-8-9-17-48(43)49-18-10-11-19-50(49)51)32-47(31-45)54-56-52(41-12-4-2-5-13-41)34-53(57-54)42-14-6-3-7-15-42/h2-35H,1H3. The first-order valence-corrected chi connectivity index (χ1v) is 19.3. The van der Waals surface area contributed by atoms with Gasteiger partial charge in [-0.3, -0.25) is 4.98 Å². The number of fused-ring (bicyclic) bond motifs is 3. The second-order valence-electron chi connectivity index (χ2n) is 14.5. The fourth-order valence-electron chi connectivity index (χ4n) is 7.81. The van der Waals surface area contributed by atoms with Crippen LogP contribution in [-0.4, -0.2) is 15.0 Å². The van der Waals surface area contributed by atoms with Crippen LogP contribution in [0.1, 0.15) is 5.69 Å². The SMILES string of the molecule is Cc1ccc(-c2ccc(-c3ccc(-c4cc(-c5nc(-c6ccccc6)cc(-c6ccccc6)n5)cc(-c5cc6ccccc6c6ccccc56)c4)cc3)cc2)cn1. The van der Waals surface area contributed by atoms with Crippen LogP contribution < -0.4 is 0 Å². The Bertz CT molecular complexity index is 2970. The predicted molar refractivity (Wildman–Crippen MR) is 238 cm³/mol. The third-order valence-corrected chi connectivity index (χ3v) is 10.8. The molecule has 0 aliphatic carbocycles. The van der Waals surface area contributed by atoms with Gasteiger partial charge in [-0.05, 0) is 104 Å². The van der Waals surface area contributed by atoms with Crippen molar-refractivity contribution in [2.75, 3.05) is 0 Å². The lowest BCUT2D eigenvalue weighted by Gasteiger charge is -2.15. The maximum absolute atomic E-state index is 5.25. The van der Waals surface area contributed by atoms with E-state index in [1.807, 2.05) is 25.3 Å². The van der Waals surface area contributed by atoms with E-state index in [-0.39, 0.29) is 0 Å². The van der Waals surface area contributed by atoms with Gasteiger partial charge in [-0.15, -0.1) is 0 Å². The van der Waals surface area contributed by atoms with Gasteiger partial charge in [-0.2, -0.15) is 0 Å². The molecule has 0 atom stereocenters. The molecule has 0 N–H and O–H groups in total. The predicted octanol–water partition coefficient (Wildman–Crippen LogP) is 14.2. The first kappa shape index (κ1) is 34.0. The highest BCUT2D eigenvalue weighted by molar-refractivity contribution is 6.14. The number of benzene rings is 8. The number of rotatable bonds is 7. The Morgan fingerprint density at radius 2 is 0.789 bits per heavy atom. The van der Waals surface area contributed by atoms with Crippen LogP contribution >= 0.6 is 0 Å². The lowest BCUT2D eigenvalue weighted by Crippen LogP contribution is -1.97. The molecule has 0 spiro atoms. The second-order valence-corrected chi connectivity index (χ2v) is 14.5. The third kappa shape index (κ3) is 6.77. The van der Waals surface area contributed by atoms with Crippen LogP contribution in [0.3, 0.4) is 0 Å². The molecule has 57 heavy (non-hydrogen) atoms. The van der Waals surface area contributed by atoms with Crippen LogP contribution in [0, 0.1) is 6.92 Å². The van der Waals surface area contributed by atoms with Crippen molar-refractivity contribution in [3.63, 3.8) is 0 Å². The Morgan fingerprint density at radius 3 is 1.39 bits per heavy atom. The van der Waals surface area contributed by atoms with Crippen molar-refractivity contribution in [2.45, 2.75) is 6.92 Å². The lowest BCUT2D eigenvalue weighted by molar-refractivity contribution is 1.18. The molecule has 0 radical (unpaired) electrons. The van der Waals surface area contributed by atoms with Gasteiger partial charge in [0.1, 0.15) is 0 Å². The molecule has 2 aromatic heterocycles. The van der Waals surface area contributed by atoms with Crippen molar-refractivity contribution < 1.29 is 0 Å². The molecule has 2 heterocycles. The van der Waals surface area contributed by atoms with Gasteiger partial charge < -0.3 is 0 Å². The summed E-state index contributed by atoms with van der Waals surface area (Å²) in [6.07, 6.45) is 1.94. The highest BCUT2D eigenvalue weighted by Crippen LogP contribution is 2.39. The van der Waals surface area contributed by atoms with Crippen LogP contribution in [0.4, 0.5) is 0 Å². The summed E-state index contributed by atoms with van der Waals surface area (Å²) in [7, 11) is 0. The Labute approximate surface area is 332 Å². The molecular formula is C54H37N3. The minimum atomic E-state index is 0.684. The summed E-state index contributed by atoms with van der Waals surface area (Å²) in [4.78, 5) is 15.0. The second kappa shape index (κ2) is 14.6. The first-order chi connectivity index (χ1) is 28.1. The van der Waals surface area contributed by atoms with Crippen molar-refractivity contribution in [2.24, 2.45) is 0 Å². The van der Waals surface area contributed by atoms with E-state index in [0.29, 0.717) is 5.82 Å². The molecule has 0 fully saturated rings. The molecule has 0 aliphatic heterocycles. The summed E-state index contributed by atoms with van der Waals surface area (Å²) >= 11 is 0. The van der Waals surface area contributed by atoms with Crippen molar-refractivity contribution >= 4 is 21.5 Å². The monoisotopic (exact) mass is 727 g/mol. The Balaban J connectivity index is 1.13. The maximum atomic E-state index is 5.25. The van der Waals surface area contributed by atoms with Crippen molar-refractivity contribution in [1.29, 1.82) is 0 Å². The van der Waals surface area contributed by atoms with Gasteiger partial charge >= 0.3 is 0 Å². The van der Waals surface area contributed by atoms with Gasteiger partial charge in [0.25, 0.3) is 0 Å². The fraction of sp³-hybridized carbons (Fsp3) is 0.0185. The average Bonchev–Trinajstić information content (AvgIpc) is 3.29. The molecular weight excluding hydrogens is 691 g/mol. The highest BCUT2D eigenvalue weighted by atomic mass is 14.9. The van der Waals surface area contributed by atoms with E-state index in [4.69, 9.17) is 9.97 Å². The highest BCUT2D eigenvalue weighted by Gasteiger charge is 2.16. The molecule has 3 heteroatoms. The van der Waals surface area contributed by atoms with Gasteiger partial charge in [0.2, 0.25) is 0 Å². The number of nitrogens with zero attached hydrogens (tertiary/aromatic N) is 3. The molecule has 0 saturated heterocycles. The van der Waals surface area contributed by atoms with Gasteiger partial charge in [0, 0.05) is 34.1 Å². The van der Waals surface area contributed by atoms with Crippen LogP contribution in [0.2, 0.25) is 0 Å².